The van der Waals surface area contributed by atoms with Crippen LogP contribution in [0.25, 0.3) is 0 Å². The predicted octanol–water partition coefficient (Wildman–Crippen LogP) is 6.71. The number of methoxy groups -OCH3 is 1. The number of rotatable bonds is 4. The summed E-state index contributed by atoms with van der Waals surface area (Å²) in [6, 6.07) is 27.4. The number of amidine groups is 1. The van der Waals surface area contributed by atoms with Crippen molar-refractivity contribution in [3.05, 3.63) is 90.0 Å². The van der Waals surface area contributed by atoms with Crippen molar-refractivity contribution in [2.75, 3.05) is 12.0 Å². The average molecular weight is 373 g/mol. The fourth-order valence-corrected chi connectivity index (χ4v) is 3.31. The molecule has 3 heteroatoms. The Morgan fingerprint density at radius 2 is 1.50 bits per heavy atom. The lowest BCUT2D eigenvalue weighted by atomic mass is 9.91. The van der Waals surface area contributed by atoms with Crippen molar-refractivity contribution in [2.45, 2.75) is 33.2 Å². The van der Waals surface area contributed by atoms with E-state index in [0.29, 0.717) is 6.04 Å². The van der Waals surface area contributed by atoms with Gasteiger partial charge in [-0.1, -0.05) is 61.9 Å². The number of hydrogen-bond donors (Lipinski definition) is 0. The topological polar surface area (TPSA) is 24.8 Å². The molecule has 3 nitrogen and oxygen atoms in total. The van der Waals surface area contributed by atoms with Crippen molar-refractivity contribution in [3.63, 3.8) is 0 Å². The molecule has 1 atom stereocenters. The number of aliphatic imine (C=N–C) groups is 1. The SMILES string of the molecule is CC.COc1ccc(N2C(=Nc3ccccc3)CC2c2ccc(C)cc2)cc1. The Balaban J connectivity index is 0.00000109. The fourth-order valence-electron chi connectivity index (χ4n) is 3.31. The van der Waals surface area contributed by atoms with E-state index in [0.717, 1.165) is 29.4 Å². The maximum atomic E-state index is 5.30. The number of hydrogen-bond acceptors (Lipinski definition) is 2. The minimum Gasteiger partial charge on any atom is -0.497 e. The Morgan fingerprint density at radius 3 is 2.11 bits per heavy atom. The molecule has 0 aliphatic carbocycles. The van der Waals surface area contributed by atoms with Crippen LogP contribution in [0, 0.1) is 6.92 Å². The summed E-state index contributed by atoms with van der Waals surface area (Å²) >= 11 is 0. The first-order chi connectivity index (χ1) is 13.7. The summed E-state index contributed by atoms with van der Waals surface area (Å²) in [5, 5.41) is 0. The Hall–Kier alpha value is -3.07. The summed E-state index contributed by atoms with van der Waals surface area (Å²) < 4.78 is 5.30. The minimum atomic E-state index is 0.312. The van der Waals surface area contributed by atoms with Crippen molar-refractivity contribution in [1.82, 2.24) is 0 Å². The number of nitrogens with zero attached hydrogens (tertiary/aromatic N) is 2. The van der Waals surface area contributed by atoms with Crippen LogP contribution in [0.3, 0.4) is 0 Å². The molecule has 0 N–H and O–H groups in total. The molecular formula is C25H28N2O. The van der Waals surface area contributed by atoms with Gasteiger partial charge in [-0.25, -0.2) is 4.99 Å². The summed E-state index contributed by atoms with van der Waals surface area (Å²) in [6.45, 7) is 6.12. The third kappa shape index (κ3) is 4.25. The monoisotopic (exact) mass is 372 g/mol. The number of anilines is 1. The zero-order chi connectivity index (χ0) is 19.9. The maximum Gasteiger partial charge on any atom is 0.119 e. The quantitative estimate of drug-likeness (QED) is 0.508. The van der Waals surface area contributed by atoms with Crippen LogP contribution in [-0.4, -0.2) is 12.9 Å². The second-order valence-electron chi connectivity index (χ2n) is 6.56. The van der Waals surface area contributed by atoms with Crippen LogP contribution >= 0.6 is 0 Å². The molecule has 28 heavy (non-hydrogen) atoms. The second kappa shape index (κ2) is 9.23. The maximum absolute atomic E-state index is 5.30. The van der Waals surface area contributed by atoms with Crippen LogP contribution in [0.2, 0.25) is 0 Å². The van der Waals surface area contributed by atoms with E-state index in [4.69, 9.17) is 9.73 Å². The van der Waals surface area contributed by atoms with Crippen LogP contribution in [0.15, 0.2) is 83.9 Å². The van der Waals surface area contributed by atoms with Gasteiger partial charge in [-0.3, -0.25) is 0 Å². The first kappa shape index (κ1) is 19.7. The number of benzene rings is 3. The summed E-state index contributed by atoms with van der Waals surface area (Å²) in [6.07, 6.45) is 0.935. The van der Waals surface area contributed by atoms with E-state index in [1.165, 1.54) is 11.1 Å². The molecule has 144 valence electrons. The average Bonchev–Trinajstić information content (AvgIpc) is 2.74. The highest BCUT2D eigenvalue weighted by Gasteiger charge is 2.36. The molecular weight excluding hydrogens is 344 g/mol. The zero-order valence-corrected chi connectivity index (χ0v) is 17.1. The lowest BCUT2D eigenvalue weighted by Gasteiger charge is -2.44. The first-order valence-electron chi connectivity index (χ1n) is 9.87. The van der Waals surface area contributed by atoms with Gasteiger partial charge in [0.1, 0.15) is 11.6 Å². The van der Waals surface area contributed by atoms with Gasteiger partial charge in [-0.15, -0.1) is 0 Å². The lowest BCUT2D eigenvalue weighted by molar-refractivity contribution is 0.415. The van der Waals surface area contributed by atoms with Gasteiger partial charge in [-0.2, -0.15) is 0 Å². The largest absolute Gasteiger partial charge is 0.497 e. The standard InChI is InChI=1S/C23H22N2O.C2H6/c1-17-8-10-18(11-9-17)22-16-23(24-19-6-4-3-5-7-19)25(22)20-12-14-21(26-2)15-13-20;1-2/h3-15,22H,16H2,1-2H3;1-2H3. The molecule has 1 fully saturated rings. The van der Waals surface area contributed by atoms with Gasteiger partial charge in [0, 0.05) is 12.1 Å². The molecule has 1 aliphatic rings. The molecule has 3 aromatic rings. The molecule has 0 spiro atoms. The first-order valence-corrected chi connectivity index (χ1v) is 9.87. The van der Waals surface area contributed by atoms with E-state index >= 15 is 0 Å². The van der Waals surface area contributed by atoms with Crippen molar-refractivity contribution >= 4 is 17.2 Å². The van der Waals surface area contributed by atoms with Crippen molar-refractivity contribution in [2.24, 2.45) is 4.99 Å². The van der Waals surface area contributed by atoms with E-state index in [1.807, 2.05) is 56.3 Å². The Labute approximate surface area is 168 Å². The van der Waals surface area contributed by atoms with Gasteiger partial charge in [-0.05, 0) is 48.9 Å². The van der Waals surface area contributed by atoms with Crippen LogP contribution in [-0.2, 0) is 0 Å². The van der Waals surface area contributed by atoms with Crippen LogP contribution < -0.4 is 9.64 Å². The molecule has 0 saturated carbocycles. The lowest BCUT2D eigenvalue weighted by Crippen LogP contribution is -2.46. The van der Waals surface area contributed by atoms with Gasteiger partial charge in [0.25, 0.3) is 0 Å². The van der Waals surface area contributed by atoms with Crippen LogP contribution in [0.1, 0.15) is 37.4 Å². The molecule has 1 aliphatic heterocycles. The molecule has 1 saturated heterocycles. The second-order valence-corrected chi connectivity index (χ2v) is 6.56. The van der Waals surface area contributed by atoms with Crippen LogP contribution in [0.5, 0.6) is 5.75 Å². The van der Waals surface area contributed by atoms with E-state index in [1.54, 1.807) is 7.11 Å². The fraction of sp³-hybridized carbons (Fsp3) is 0.240. The normalized spacial score (nSPS) is 16.8. The minimum absolute atomic E-state index is 0.312. The molecule has 1 unspecified atom stereocenters. The highest BCUT2D eigenvalue weighted by atomic mass is 16.5. The van der Waals surface area contributed by atoms with Crippen LogP contribution in [0.4, 0.5) is 11.4 Å². The predicted molar refractivity (Wildman–Crippen MR) is 119 cm³/mol. The van der Waals surface area contributed by atoms with Crippen molar-refractivity contribution < 1.29 is 4.74 Å². The van der Waals surface area contributed by atoms with E-state index < -0.39 is 0 Å². The third-order valence-electron chi connectivity index (χ3n) is 4.79. The summed E-state index contributed by atoms with van der Waals surface area (Å²) in [7, 11) is 1.69. The molecule has 0 radical (unpaired) electrons. The highest BCUT2D eigenvalue weighted by Crippen LogP contribution is 2.41. The molecule has 0 aromatic heterocycles. The summed E-state index contributed by atoms with van der Waals surface area (Å²) in [5.41, 5.74) is 4.72. The van der Waals surface area contributed by atoms with Gasteiger partial charge in [0.05, 0.1) is 18.8 Å². The Kier molecular flexibility index (Phi) is 6.49. The van der Waals surface area contributed by atoms with Crippen molar-refractivity contribution in [1.29, 1.82) is 0 Å². The van der Waals surface area contributed by atoms with Gasteiger partial charge < -0.3 is 9.64 Å². The summed E-state index contributed by atoms with van der Waals surface area (Å²) in [4.78, 5) is 7.19. The third-order valence-corrected chi connectivity index (χ3v) is 4.79. The molecule has 3 aromatic carbocycles. The molecule has 0 bridgehead atoms. The molecule has 4 rings (SSSR count). The number of ether oxygens (including phenoxy) is 1. The van der Waals surface area contributed by atoms with Gasteiger partial charge in [0.15, 0.2) is 0 Å². The number of para-hydroxylation sites is 1. The number of aryl methyl sites for hydroxylation is 1. The van der Waals surface area contributed by atoms with E-state index in [9.17, 15) is 0 Å². The van der Waals surface area contributed by atoms with E-state index in [-0.39, 0.29) is 0 Å². The van der Waals surface area contributed by atoms with Crippen molar-refractivity contribution in [3.8, 4) is 5.75 Å². The Bertz CT molecular complexity index is 900. The van der Waals surface area contributed by atoms with Gasteiger partial charge in [0.2, 0.25) is 0 Å². The Morgan fingerprint density at radius 1 is 0.857 bits per heavy atom. The van der Waals surface area contributed by atoms with E-state index in [2.05, 4.69) is 48.2 Å². The summed E-state index contributed by atoms with van der Waals surface area (Å²) in [5.74, 6) is 1.95. The highest BCUT2D eigenvalue weighted by molar-refractivity contribution is 6.06. The zero-order valence-electron chi connectivity index (χ0n) is 17.1. The smallest absolute Gasteiger partial charge is 0.119 e. The molecule has 1 heterocycles. The molecule has 0 amide bonds. The van der Waals surface area contributed by atoms with Gasteiger partial charge >= 0.3 is 0 Å².